The molecule has 0 fully saturated rings. The van der Waals surface area contributed by atoms with Crippen LogP contribution in [-0.4, -0.2) is 24.0 Å². The predicted octanol–water partition coefficient (Wildman–Crippen LogP) is 3.35. The van der Waals surface area contributed by atoms with E-state index in [9.17, 15) is 14.9 Å². The van der Waals surface area contributed by atoms with Gasteiger partial charge in [0.1, 0.15) is 12.4 Å². The molecule has 2 aromatic carbocycles. The average molecular weight is 329 g/mol. The van der Waals surface area contributed by atoms with Crippen molar-refractivity contribution in [2.24, 2.45) is 0 Å². The highest BCUT2D eigenvalue weighted by Gasteiger charge is 2.09. The summed E-state index contributed by atoms with van der Waals surface area (Å²) in [4.78, 5) is 21.4. The molecule has 0 aliphatic heterocycles. The Morgan fingerprint density at radius 3 is 2.67 bits per heavy atom. The number of carbonyl (C=O) groups is 1. The number of nitrogens with zero attached hydrogens (tertiary/aromatic N) is 1. The minimum absolute atomic E-state index is 0.103. The maximum atomic E-state index is 11.0. The standard InChI is InChI=1S/C17H19N3O4/c1-12-10-14(6-7-17(12)20(22)23)18-8-9-24-16-5-3-4-15(11-16)19-13(2)21/h3-7,10-11,18H,8-9H2,1-2H3,(H,19,21). The topological polar surface area (TPSA) is 93.5 Å². The zero-order valence-electron chi connectivity index (χ0n) is 13.5. The van der Waals surface area contributed by atoms with Crippen LogP contribution in [0.15, 0.2) is 42.5 Å². The number of carbonyl (C=O) groups excluding carboxylic acids is 1. The molecular formula is C17H19N3O4. The van der Waals surface area contributed by atoms with Crippen molar-refractivity contribution < 1.29 is 14.5 Å². The normalized spacial score (nSPS) is 10.1. The largest absolute Gasteiger partial charge is 0.492 e. The molecule has 0 heterocycles. The van der Waals surface area contributed by atoms with Crippen LogP contribution < -0.4 is 15.4 Å². The van der Waals surface area contributed by atoms with E-state index in [0.29, 0.717) is 30.2 Å². The fraction of sp³-hybridized carbons (Fsp3) is 0.235. The van der Waals surface area contributed by atoms with Gasteiger partial charge in [-0.1, -0.05) is 6.07 Å². The molecule has 0 aromatic heterocycles. The number of nitro groups is 1. The SMILES string of the molecule is CC(=O)Nc1cccc(OCCNc2ccc([N+](=O)[O-])c(C)c2)c1. The second kappa shape index (κ2) is 7.96. The highest BCUT2D eigenvalue weighted by molar-refractivity contribution is 5.88. The maximum Gasteiger partial charge on any atom is 0.272 e. The van der Waals surface area contributed by atoms with Crippen molar-refractivity contribution in [3.63, 3.8) is 0 Å². The first-order chi connectivity index (χ1) is 11.5. The van der Waals surface area contributed by atoms with E-state index in [2.05, 4.69) is 10.6 Å². The van der Waals surface area contributed by atoms with E-state index in [4.69, 9.17) is 4.74 Å². The molecule has 2 aromatic rings. The summed E-state index contributed by atoms with van der Waals surface area (Å²) in [6.45, 7) is 4.11. The molecular weight excluding hydrogens is 310 g/mol. The van der Waals surface area contributed by atoms with Gasteiger partial charge >= 0.3 is 0 Å². The highest BCUT2D eigenvalue weighted by atomic mass is 16.6. The number of hydrogen-bond acceptors (Lipinski definition) is 5. The van der Waals surface area contributed by atoms with E-state index >= 15 is 0 Å². The van der Waals surface area contributed by atoms with Crippen molar-refractivity contribution in [3.05, 3.63) is 58.1 Å². The van der Waals surface area contributed by atoms with Gasteiger partial charge in [-0.25, -0.2) is 0 Å². The predicted molar refractivity (Wildman–Crippen MR) is 92.6 cm³/mol. The molecule has 24 heavy (non-hydrogen) atoms. The third-order valence-electron chi connectivity index (χ3n) is 3.25. The Labute approximate surface area is 139 Å². The van der Waals surface area contributed by atoms with Gasteiger partial charge in [-0.2, -0.15) is 0 Å². The molecule has 0 aliphatic carbocycles. The molecule has 0 unspecified atom stereocenters. The Kier molecular flexibility index (Phi) is 5.73. The summed E-state index contributed by atoms with van der Waals surface area (Å²) in [5, 5.41) is 16.6. The lowest BCUT2D eigenvalue weighted by Gasteiger charge is -2.10. The van der Waals surface area contributed by atoms with Gasteiger partial charge in [0.2, 0.25) is 5.91 Å². The van der Waals surface area contributed by atoms with E-state index in [1.165, 1.54) is 13.0 Å². The molecule has 2 rings (SSSR count). The van der Waals surface area contributed by atoms with E-state index in [0.717, 1.165) is 5.69 Å². The van der Waals surface area contributed by atoms with E-state index in [1.54, 1.807) is 43.3 Å². The molecule has 0 saturated carbocycles. The summed E-state index contributed by atoms with van der Waals surface area (Å²) < 4.78 is 5.62. The van der Waals surface area contributed by atoms with E-state index in [-0.39, 0.29) is 11.6 Å². The van der Waals surface area contributed by atoms with Crippen molar-refractivity contribution >= 4 is 23.0 Å². The van der Waals surface area contributed by atoms with Crippen molar-refractivity contribution in [1.82, 2.24) is 0 Å². The molecule has 0 spiro atoms. The molecule has 0 atom stereocenters. The Hall–Kier alpha value is -3.09. The van der Waals surface area contributed by atoms with Gasteiger partial charge < -0.3 is 15.4 Å². The second-order valence-electron chi connectivity index (χ2n) is 5.24. The van der Waals surface area contributed by atoms with E-state index < -0.39 is 4.92 Å². The first-order valence-corrected chi connectivity index (χ1v) is 7.45. The van der Waals surface area contributed by atoms with E-state index in [1.807, 2.05) is 0 Å². The summed E-state index contributed by atoms with van der Waals surface area (Å²) >= 11 is 0. The van der Waals surface area contributed by atoms with Crippen LogP contribution in [0.3, 0.4) is 0 Å². The van der Waals surface area contributed by atoms with Crippen LogP contribution in [0.25, 0.3) is 0 Å². The molecule has 126 valence electrons. The van der Waals surface area contributed by atoms with Crippen LogP contribution in [0.4, 0.5) is 17.1 Å². The van der Waals surface area contributed by atoms with Gasteiger partial charge in [0.05, 0.1) is 4.92 Å². The minimum Gasteiger partial charge on any atom is -0.492 e. The first-order valence-electron chi connectivity index (χ1n) is 7.45. The zero-order valence-corrected chi connectivity index (χ0v) is 13.5. The Balaban J connectivity index is 1.84. The van der Waals surface area contributed by atoms with Gasteiger partial charge in [-0.15, -0.1) is 0 Å². The Morgan fingerprint density at radius 2 is 2.00 bits per heavy atom. The third kappa shape index (κ3) is 4.98. The van der Waals surface area contributed by atoms with Gasteiger partial charge in [0, 0.05) is 42.5 Å². The number of anilines is 2. The van der Waals surface area contributed by atoms with Crippen molar-refractivity contribution in [1.29, 1.82) is 0 Å². The lowest BCUT2D eigenvalue weighted by molar-refractivity contribution is -0.385. The summed E-state index contributed by atoms with van der Waals surface area (Å²) in [5.41, 5.74) is 2.19. The zero-order chi connectivity index (χ0) is 17.5. The number of rotatable bonds is 7. The number of nitrogens with one attached hydrogen (secondary N) is 2. The molecule has 7 heteroatoms. The molecule has 0 saturated heterocycles. The quantitative estimate of drug-likeness (QED) is 0.461. The maximum absolute atomic E-state index is 11.0. The molecule has 1 amide bonds. The van der Waals surface area contributed by atoms with Crippen LogP contribution in [0.2, 0.25) is 0 Å². The third-order valence-corrected chi connectivity index (χ3v) is 3.25. The van der Waals surface area contributed by atoms with Crippen LogP contribution in [0.5, 0.6) is 5.75 Å². The monoisotopic (exact) mass is 329 g/mol. The summed E-state index contributed by atoms with van der Waals surface area (Å²) in [6.07, 6.45) is 0. The van der Waals surface area contributed by atoms with Gasteiger partial charge in [-0.3, -0.25) is 14.9 Å². The fourth-order valence-corrected chi connectivity index (χ4v) is 2.20. The number of aryl methyl sites for hydroxylation is 1. The lowest BCUT2D eigenvalue weighted by atomic mass is 10.2. The summed E-state index contributed by atoms with van der Waals surface area (Å²) in [6, 6.07) is 12.0. The highest BCUT2D eigenvalue weighted by Crippen LogP contribution is 2.21. The van der Waals surface area contributed by atoms with Crippen molar-refractivity contribution in [2.75, 3.05) is 23.8 Å². The lowest BCUT2D eigenvalue weighted by Crippen LogP contribution is -2.12. The Morgan fingerprint density at radius 1 is 1.21 bits per heavy atom. The molecule has 0 radical (unpaired) electrons. The van der Waals surface area contributed by atoms with Crippen molar-refractivity contribution in [3.8, 4) is 5.75 Å². The molecule has 2 N–H and O–H groups in total. The molecule has 0 bridgehead atoms. The minimum atomic E-state index is -0.399. The van der Waals surface area contributed by atoms with Gasteiger partial charge in [-0.05, 0) is 31.2 Å². The number of ether oxygens (including phenoxy) is 1. The summed E-state index contributed by atoms with van der Waals surface area (Å²) in [5.74, 6) is 0.519. The fourth-order valence-electron chi connectivity index (χ4n) is 2.20. The molecule has 7 nitrogen and oxygen atoms in total. The smallest absolute Gasteiger partial charge is 0.272 e. The number of hydrogen-bond donors (Lipinski definition) is 2. The van der Waals surface area contributed by atoms with Gasteiger partial charge in [0.25, 0.3) is 5.69 Å². The number of amides is 1. The number of nitro benzene ring substituents is 1. The van der Waals surface area contributed by atoms with Crippen LogP contribution in [-0.2, 0) is 4.79 Å². The van der Waals surface area contributed by atoms with Gasteiger partial charge in [0.15, 0.2) is 0 Å². The van der Waals surface area contributed by atoms with Crippen LogP contribution in [0.1, 0.15) is 12.5 Å². The van der Waals surface area contributed by atoms with Crippen LogP contribution in [0, 0.1) is 17.0 Å². The second-order valence-corrected chi connectivity index (χ2v) is 5.24. The Bertz CT molecular complexity index is 746. The molecule has 0 aliphatic rings. The van der Waals surface area contributed by atoms with Crippen LogP contribution >= 0.6 is 0 Å². The average Bonchev–Trinajstić information content (AvgIpc) is 2.51. The number of benzene rings is 2. The first kappa shape index (κ1) is 17.3. The summed E-state index contributed by atoms with van der Waals surface area (Å²) in [7, 11) is 0. The van der Waals surface area contributed by atoms with Crippen molar-refractivity contribution in [2.45, 2.75) is 13.8 Å².